The molecule has 0 fully saturated rings. The molecular weight excluding hydrogens is 229 g/mol. The highest BCUT2D eigenvalue weighted by atomic mass is 35.5. The minimum Gasteiger partial charge on any atom is -0.494 e. The molecule has 0 saturated carbocycles. The van der Waals surface area contributed by atoms with Gasteiger partial charge in [0.1, 0.15) is 16.6 Å². The van der Waals surface area contributed by atoms with Gasteiger partial charge >= 0.3 is 0 Å². The van der Waals surface area contributed by atoms with E-state index in [1.165, 1.54) is 25.6 Å². The van der Waals surface area contributed by atoms with Crippen LogP contribution in [0.5, 0.6) is 5.75 Å². The second-order valence-corrected chi connectivity index (χ2v) is 3.59. The summed E-state index contributed by atoms with van der Waals surface area (Å²) in [7, 11) is 1.49. The zero-order chi connectivity index (χ0) is 11.5. The summed E-state index contributed by atoms with van der Waals surface area (Å²) in [6.07, 6.45) is 2.99. The number of halogens is 2. The number of pyridine rings is 1. The molecule has 0 bridgehead atoms. The summed E-state index contributed by atoms with van der Waals surface area (Å²) in [5.74, 6) is 0.103. The fraction of sp³-hybridized carbons (Fsp3) is 0.0833. The first-order chi connectivity index (χ1) is 7.74. The average Bonchev–Trinajstić information content (AvgIpc) is 2.29. The highest BCUT2D eigenvalue weighted by Gasteiger charge is 2.13. The molecule has 4 heteroatoms. The van der Waals surface area contributed by atoms with Crippen molar-refractivity contribution in [2.75, 3.05) is 7.11 Å². The molecule has 1 aromatic carbocycles. The molecule has 0 aliphatic heterocycles. The Balaban J connectivity index is 2.65. The number of nitrogens with zero attached hydrogens (tertiary/aromatic N) is 1. The van der Waals surface area contributed by atoms with Crippen molar-refractivity contribution < 1.29 is 9.13 Å². The van der Waals surface area contributed by atoms with E-state index in [0.29, 0.717) is 21.9 Å². The quantitative estimate of drug-likeness (QED) is 0.797. The van der Waals surface area contributed by atoms with Gasteiger partial charge in [-0.2, -0.15) is 0 Å². The highest BCUT2D eigenvalue weighted by molar-refractivity contribution is 6.32. The predicted molar refractivity (Wildman–Crippen MR) is 61.2 cm³/mol. The number of benzene rings is 1. The molecule has 0 radical (unpaired) electrons. The molecule has 0 unspecified atom stereocenters. The fourth-order valence-corrected chi connectivity index (χ4v) is 1.74. The zero-order valence-corrected chi connectivity index (χ0v) is 9.33. The van der Waals surface area contributed by atoms with E-state index in [-0.39, 0.29) is 5.82 Å². The summed E-state index contributed by atoms with van der Waals surface area (Å²) in [5, 5.41) is 0.364. The van der Waals surface area contributed by atoms with E-state index in [4.69, 9.17) is 16.3 Å². The Morgan fingerprint density at radius 1 is 1.19 bits per heavy atom. The molecule has 0 atom stereocenters. The maximum absolute atomic E-state index is 13.6. The van der Waals surface area contributed by atoms with Crippen molar-refractivity contribution in [1.82, 2.24) is 4.98 Å². The van der Waals surface area contributed by atoms with Crippen LogP contribution in [0.2, 0.25) is 5.02 Å². The monoisotopic (exact) mass is 237 g/mol. The van der Waals surface area contributed by atoms with Crippen LogP contribution in [0, 0.1) is 5.82 Å². The number of methoxy groups -OCH3 is 1. The van der Waals surface area contributed by atoms with Gasteiger partial charge in [-0.1, -0.05) is 29.8 Å². The Morgan fingerprint density at radius 2 is 1.94 bits per heavy atom. The van der Waals surface area contributed by atoms with Crippen molar-refractivity contribution in [2.24, 2.45) is 0 Å². The summed E-state index contributed by atoms with van der Waals surface area (Å²) in [6, 6.07) is 6.42. The molecule has 2 nitrogen and oxygen atoms in total. The molecule has 1 heterocycles. The Hall–Kier alpha value is -1.61. The van der Waals surface area contributed by atoms with E-state index in [2.05, 4.69) is 4.98 Å². The summed E-state index contributed by atoms with van der Waals surface area (Å²) in [5.41, 5.74) is 0.974. The van der Waals surface area contributed by atoms with E-state index in [0.717, 1.165) is 0 Å². The van der Waals surface area contributed by atoms with Crippen LogP contribution in [0.4, 0.5) is 4.39 Å². The first-order valence-electron chi connectivity index (χ1n) is 4.66. The number of hydrogen-bond acceptors (Lipinski definition) is 2. The third-order valence-corrected chi connectivity index (χ3v) is 2.49. The maximum atomic E-state index is 13.6. The maximum Gasteiger partial charge on any atom is 0.148 e. The molecule has 0 amide bonds. The number of rotatable bonds is 2. The lowest BCUT2D eigenvalue weighted by Crippen LogP contribution is -1.92. The van der Waals surface area contributed by atoms with Crippen molar-refractivity contribution in [3.05, 3.63) is 47.5 Å². The number of ether oxygens (including phenoxy) is 1. The molecule has 0 aliphatic rings. The van der Waals surface area contributed by atoms with Gasteiger partial charge < -0.3 is 4.74 Å². The van der Waals surface area contributed by atoms with E-state index in [1.807, 2.05) is 0 Å². The summed E-state index contributed by atoms with van der Waals surface area (Å²) in [6.45, 7) is 0. The molecule has 2 rings (SSSR count). The van der Waals surface area contributed by atoms with E-state index in [9.17, 15) is 4.39 Å². The SMILES string of the molecule is COc1c(Cl)cncc1-c1ccccc1F. The number of aromatic nitrogens is 1. The first-order valence-corrected chi connectivity index (χ1v) is 5.04. The molecule has 0 saturated heterocycles. The van der Waals surface area contributed by atoms with E-state index < -0.39 is 0 Å². The van der Waals surface area contributed by atoms with Crippen LogP contribution in [0.15, 0.2) is 36.7 Å². The van der Waals surface area contributed by atoms with Gasteiger partial charge in [0.05, 0.1) is 7.11 Å². The smallest absolute Gasteiger partial charge is 0.148 e. The summed E-state index contributed by atoms with van der Waals surface area (Å²) >= 11 is 5.92. The third-order valence-electron chi connectivity index (χ3n) is 2.22. The zero-order valence-electron chi connectivity index (χ0n) is 8.58. The van der Waals surface area contributed by atoms with Crippen LogP contribution < -0.4 is 4.74 Å². The van der Waals surface area contributed by atoms with Gasteiger partial charge in [-0.3, -0.25) is 4.98 Å². The second kappa shape index (κ2) is 4.49. The Kier molecular flexibility index (Phi) is 3.06. The van der Waals surface area contributed by atoms with Gasteiger partial charge in [-0.25, -0.2) is 4.39 Å². The van der Waals surface area contributed by atoms with Gasteiger partial charge in [0.15, 0.2) is 0 Å². The van der Waals surface area contributed by atoms with Crippen LogP contribution in [0.1, 0.15) is 0 Å². The van der Waals surface area contributed by atoms with Crippen molar-refractivity contribution in [3.63, 3.8) is 0 Å². The first kappa shape index (κ1) is 10.9. The summed E-state index contributed by atoms with van der Waals surface area (Å²) in [4.78, 5) is 3.93. The molecule has 16 heavy (non-hydrogen) atoms. The minimum atomic E-state index is -0.329. The van der Waals surface area contributed by atoms with Crippen molar-refractivity contribution in [2.45, 2.75) is 0 Å². The highest BCUT2D eigenvalue weighted by Crippen LogP contribution is 2.35. The third kappa shape index (κ3) is 1.86. The van der Waals surface area contributed by atoms with Gasteiger partial charge in [0.2, 0.25) is 0 Å². The van der Waals surface area contributed by atoms with E-state index >= 15 is 0 Å². The fourth-order valence-electron chi connectivity index (χ4n) is 1.50. The van der Waals surface area contributed by atoms with Crippen LogP contribution in [0.3, 0.4) is 0 Å². The molecular formula is C12H9ClFNO. The van der Waals surface area contributed by atoms with Crippen LogP contribution in [-0.4, -0.2) is 12.1 Å². The normalized spacial score (nSPS) is 10.2. The van der Waals surface area contributed by atoms with Crippen molar-refractivity contribution in [3.8, 4) is 16.9 Å². The van der Waals surface area contributed by atoms with Gasteiger partial charge in [-0.05, 0) is 6.07 Å². The molecule has 0 N–H and O–H groups in total. The van der Waals surface area contributed by atoms with E-state index in [1.54, 1.807) is 18.2 Å². The largest absolute Gasteiger partial charge is 0.494 e. The van der Waals surface area contributed by atoms with Crippen LogP contribution in [0.25, 0.3) is 11.1 Å². The predicted octanol–water partition coefficient (Wildman–Crippen LogP) is 3.55. The van der Waals surface area contributed by atoms with Gasteiger partial charge in [0.25, 0.3) is 0 Å². The Bertz CT molecular complexity index is 516. The summed E-state index contributed by atoms with van der Waals surface area (Å²) < 4.78 is 18.7. The average molecular weight is 238 g/mol. The molecule has 0 aliphatic carbocycles. The lowest BCUT2D eigenvalue weighted by molar-refractivity contribution is 0.416. The molecule has 1 aromatic heterocycles. The number of hydrogen-bond donors (Lipinski definition) is 0. The van der Waals surface area contributed by atoms with Crippen molar-refractivity contribution >= 4 is 11.6 Å². The van der Waals surface area contributed by atoms with Gasteiger partial charge in [0, 0.05) is 23.5 Å². The topological polar surface area (TPSA) is 22.1 Å². The van der Waals surface area contributed by atoms with Crippen LogP contribution >= 0.6 is 11.6 Å². The lowest BCUT2D eigenvalue weighted by Gasteiger charge is -2.09. The second-order valence-electron chi connectivity index (χ2n) is 3.18. The lowest BCUT2D eigenvalue weighted by atomic mass is 10.1. The standard InChI is InChI=1S/C12H9ClFNO/c1-16-12-9(6-15-7-10(12)13)8-4-2-3-5-11(8)14/h2-7H,1H3. The molecule has 2 aromatic rings. The minimum absolute atomic E-state index is 0.329. The molecule has 82 valence electrons. The van der Waals surface area contributed by atoms with Gasteiger partial charge in [-0.15, -0.1) is 0 Å². The van der Waals surface area contributed by atoms with Crippen molar-refractivity contribution in [1.29, 1.82) is 0 Å². The Labute approximate surface area is 97.7 Å². The van der Waals surface area contributed by atoms with Crippen LogP contribution in [-0.2, 0) is 0 Å². The molecule has 0 spiro atoms. The Morgan fingerprint density at radius 3 is 2.62 bits per heavy atom.